The Morgan fingerprint density at radius 2 is 2.14 bits per heavy atom. The normalized spacial score (nSPS) is 23.6. The Morgan fingerprint density at radius 1 is 1.32 bits per heavy atom. The fraction of sp³-hybridized carbons (Fsp3) is 0.667. The van der Waals surface area contributed by atoms with Crippen molar-refractivity contribution in [2.75, 3.05) is 26.2 Å². The van der Waals surface area contributed by atoms with Gasteiger partial charge < -0.3 is 4.90 Å². The summed E-state index contributed by atoms with van der Waals surface area (Å²) in [5.41, 5.74) is 0.570. The molecule has 1 saturated carbocycles. The summed E-state index contributed by atoms with van der Waals surface area (Å²) in [7, 11) is 0. The van der Waals surface area contributed by atoms with E-state index < -0.39 is 0 Å². The molecule has 2 fully saturated rings. The molecule has 4 heteroatoms. The summed E-state index contributed by atoms with van der Waals surface area (Å²) in [5, 5.41) is 0. The van der Waals surface area contributed by atoms with Crippen molar-refractivity contribution in [3.63, 3.8) is 0 Å². The molecule has 1 saturated heterocycles. The van der Waals surface area contributed by atoms with E-state index in [0.717, 1.165) is 32.0 Å². The van der Waals surface area contributed by atoms with Gasteiger partial charge in [0.25, 0.3) is 5.91 Å². The van der Waals surface area contributed by atoms with E-state index in [-0.39, 0.29) is 5.91 Å². The van der Waals surface area contributed by atoms with Gasteiger partial charge in [-0.3, -0.25) is 14.7 Å². The summed E-state index contributed by atoms with van der Waals surface area (Å²) < 4.78 is 0. The largest absolute Gasteiger partial charge is 0.336 e. The summed E-state index contributed by atoms with van der Waals surface area (Å²) in [4.78, 5) is 21.6. The zero-order valence-corrected chi connectivity index (χ0v) is 13.7. The van der Waals surface area contributed by atoms with Gasteiger partial charge in [0, 0.05) is 38.4 Å². The average molecular weight is 301 g/mol. The molecular weight excluding hydrogens is 274 g/mol. The van der Waals surface area contributed by atoms with Crippen molar-refractivity contribution in [2.45, 2.75) is 39.2 Å². The number of rotatable bonds is 4. The number of amides is 1. The maximum absolute atomic E-state index is 12.7. The molecule has 120 valence electrons. The molecule has 1 aliphatic heterocycles. The molecule has 2 aliphatic rings. The first-order valence-electron chi connectivity index (χ1n) is 8.59. The third-order valence-electron chi connectivity index (χ3n) is 4.88. The number of pyridine rings is 1. The van der Waals surface area contributed by atoms with E-state index in [2.05, 4.69) is 23.7 Å². The minimum atomic E-state index is 0.0829. The van der Waals surface area contributed by atoms with E-state index in [1.165, 1.54) is 19.4 Å². The highest BCUT2D eigenvalue weighted by molar-refractivity contribution is 5.92. The molecule has 1 amide bonds. The van der Waals surface area contributed by atoms with Crippen LogP contribution in [0.25, 0.3) is 0 Å². The standard InChI is InChI=1S/C18H27N3O/c1-14(2)17-13-21(18(22)16-6-3-4-9-19-16)11-5-10-20(17)12-15-7-8-15/h3-4,6,9,14-15,17H,5,7-8,10-13H2,1-2H3/t17-/m1/s1. The predicted octanol–water partition coefficient (Wildman–Crippen LogP) is 2.66. The van der Waals surface area contributed by atoms with Gasteiger partial charge in [0.05, 0.1) is 0 Å². The number of carbonyl (C=O) groups is 1. The summed E-state index contributed by atoms with van der Waals surface area (Å²) >= 11 is 0. The van der Waals surface area contributed by atoms with Crippen LogP contribution in [0.5, 0.6) is 0 Å². The van der Waals surface area contributed by atoms with Crippen molar-refractivity contribution >= 4 is 5.91 Å². The second-order valence-electron chi connectivity index (χ2n) is 7.07. The Balaban J connectivity index is 1.72. The topological polar surface area (TPSA) is 36.4 Å². The lowest BCUT2D eigenvalue weighted by atomic mass is 10.0. The molecule has 1 aromatic heterocycles. The Bertz CT molecular complexity index is 498. The summed E-state index contributed by atoms with van der Waals surface area (Å²) in [6, 6.07) is 6.03. The fourth-order valence-corrected chi connectivity index (χ4v) is 3.39. The third kappa shape index (κ3) is 3.67. The van der Waals surface area contributed by atoms with E-state index in [9.17, 15) is 4.79 Å². The first-order valence-corrected chi connectivity index (χ1v) is 8.59. The highest BCUT2D eigenvalue weighted by Crippen LogP contribution is 2.32. The second-order valence-corrected chi connectivity index (χ2v) is 7.07. The van der Waals surface area contributed by atoms with Crippen molar-refractivity contribution in [1.29, 1.82) is 0 Å². The molecule has 0 bridgehead atoms. The van der Waals surface area contributed by atoms with Crippen LogP contribution in [-0.2, 0) is 0 Å². The average Bonchev–Trinajstić information content (AvgIpc) is 3.35. The van der Waals surface area contributed by atoms with Crippen LogP contribution < -0.4 is 0 Å². The van der Waals surface area contributed by atoms with Gasteiger partial charge in [-0.2, -0.15) is 0 Å². The Kier molecular flexibility index (Phi) is 4.77. The van der Waals surface area contributed by atoms with Crippen molar-refractivity contribution < 1.29 is 4.79 Å². The van der Waals surface area contributed by atoms with E-state index in [1.807, 2.05) is 23.1 Å². The van der Waals surface area contributed by atoms with Crippen molar-refractivity contribution in [3.05, 3.63) is 30.1 Å². The van der Waals surface area contributed by atoms with Gasteiger partial charge in [0.2, 0.25) is 0 Å². The summed E-state index contributed by atoms with van der Waals surface area (Å²) in [6.45, 7) is 8.57. The highest BCUT2D eigenvalue weighted by Gasteiger charge is 2.33. The molecule has 0 unspecified atom stereocenters. The number of nitrogens with zero attached hydrogens (tertiary/aromatic N) is 3. The number of carbonyl (C=O) groups excluding carboxylic acids is 1. The molecule has 0 spiro atoms. The maximum atomic E-state index is 12.7. The van der Waals surface area contributed by atoms with Crippen molar-refractivity contribution in [3.8, 4) is 0 Å². The Hall–Kier alpha value is -1.42. The lowest BCUT2D eigenvalue weighted by Gasteiger charge is -2.34. The quantitative estimate of drug-likeness (QED) is 0.858. The fourth-order valence-electron chi connectivity index (χ4n) is 3.39. The molecule has 0 N–H and O–H groups in total. The molecule has 2 heterocycles. The van der Waals surface area contributed by atoms with Crippen LogP contribution in [0.15, 0.2) is 24.4 Å². The molecule has 1 atom stereocenters. The van der Waals surface area contributed by atoms with Crippen molar-refractivity contribution in [2.24, 2.45) is 11.8 Å². The zero-order chi connectivity index (χ0) is 15.5. The van der Waals surface area contributed by atoms with E-state index in [1.54, 1.807) is 6.20 Å². The van der Waals surface area contributed by atoms with Crippen LogP contribution in [0.2, 0.25) is 0 Å². The SMILES string of the molecule is CC(C)[C@H]1CN(C(=O)c2ccccn2)CCCN1CC1CC1. The van der Waals surface area contributed by atoms with Crippen LogP contribution in [0.3, 0.4) is 0 Å². The first kappa shape index (κ1) is 15.5. The van der Waals surface area contributed by atoms with Gasteiger partial charge >= 0.3 is 0 Å². The molecule has 0 aromatic carbocycles. The smallest absolute Gasteiger partial charge is 0.272 e. The molecule has 1 aromatic rings. The van der Waals surface area contributed by atoms with Crippen LogP contribution >= 0.6 is 0 Å². The van der Waals surface area contributed by atoms with Gasteiger partial charge in [-0.1, -0.05) is 19.9 Å². The molecular formula is C18H27N3O. The monoisotopic (exact) mass is 301 g/mol. The van der Waals surface area contributed by atoms with Gasteiger partial charge in [-0.05, 0) is 43.2 Å². The third-order valence-corrected chi connectivity index (χ3v) is 4.88. The molecule has 4 nitrogen and oxygen atoms in total. The van der Waals surface area contributed by atoms with Gasteiger partial charge in [-0.15, -0.1) is 0 Å². The molecule has 0 radical (unpaired) electrons. The lowest BCUT2D eigenvalue weighted by molar-refractivity contribution is 0.0698. The van der Waals surface area contributed by atoms with Crippen LogP contribution in [-0.4, -0.2) is 52.9 Å². The highest BCUT2D eigenvalue weighted by atomic mass is 16.2. The lowest BCUT2D eigenvalue weighted by Crippen LogP contribution is -2.46. The van der Waals surface area contributed by atoms with Crippen LogP contribution in [0, 0.1) is 11.8 Å². The second kappa shape index (κ2) is 6.78. The van der Waals surface area contributed by atoms with Gasteiger partial charge in [-0.25, -0.2) is 0 Å². The van der Waals surface area contributed by atoms with Crippen molar-refractivity contribution in [1.82, 2.24) is 14.8 Å². The minimum absolute atomic E-state index is 0.0829. The van der Waals surface area contributed by atoms with Gasteiger partial charge in [0.1, 0.15) is 5.69 Å². The van der Waals surface area contributed by atoms with E-state index >= 15 is 0 Å². The first-order chi connectivity index (χ1) is 10.6. The van der Waals surface area contributed by atoms with E-state index in [0.29, 0.717) is 17.7 Å². The molecule has 1 aliphatic carbocycles. The van der Waals surface area contributed by atoms with E-state index in [4.69, 9.17) is 0 Å². The van der Waals surface area contributed by atoms with Crippen LogP contribution in [0.4, 0.5) is 0 Å². The Morgan fingerprint density at radius 3 is 2.77 bits per heavy atom. The predicted molar refractivity (Wildman–Crippen MR) is 87.7 cm³/mol. The molecule has 22 heavy (non-hydrogen) atoms. The van der Waals surface area contributed by atoms with Gasteiger partial charge in [0.15, 0.2) is 0 Å². The number of aromatic nitrogens is 1. The van der Waals surface area contributed by atoms with Crippen LogP contribution in [0.1, 0.15) is 43.6 Å². The Labute approximate surface area is 133 Å². The summed E-state index contributed by atoms with van der Waals surface area (Å²) in [5.74, 6) is 1.55. The maximum Gasteiger partial charge on any atom is 0.272 e. The minimum Gasteiger partial charge on any atom is -0.336 e. The summed E-state index contributed by atoms with van der Waals surface area (Å²) in [6.07, 6.45) is 5.54. The number of hydrogen-bond acceptors (Lipinski definition) is 3. The molecule has 3 rings (SSSR count). The zero-order valence-electron chi connectivity index (χ0n) is 13.7. The number of hydrogen-bond donors (Lipinski definition) is 0.